The van der Waals surface area contributed by atoms with E-state index in [1.165, 1.54) is 17.0 Å². The number of carbonyl (C=O) groups is 2. The van der Waals surface area contributed by atoms with Gasteiger partial charge in [-0.25, -0.2) is 4.39 Å². The number of amides is 1. The van der Waals surface area contributed by atoms with Gasteiger partial charge in [-0.1, -0.05) is 6.07 Å². The Balaban J connectivity index is 3.14. The zero-order chi connectivity index (χ0) is 15.5. The maximum absolute atomic E-state index is 13.9. The molecule has 0 aliphatic rings. The minimum atomic E-state index is -1.00. The van der Waals surface area contributed by atoms with E-state index in [4.69, 9.17) is 5.11 Å². The SMILES string of the molecule is CC(C)(C)N(CCC(=O)O)C(=O)c1c(F)cccc1Br. The molecule has 0 saturated carbocycles. The second kappa shape index (κ2) is 6.35. The highest BCUT2D eigenvalue weighted by Crippen LogP contribution is 2.25. The van der Waals surface area contributed by atoms with Gasteiger partial charge in [-0.15, -0.1) is 0 Å². The van der Waals surface area contributed by atoms with Crippen molar-refractivity contribution < 1.29 is 19.1 Å². The molecule has 0 radical (unpaired) electrons. The first-order valence-electron chi connectivity index (χ1n) is 6.12. The van der Waals surface area contributed by atoms with Crippen LogP contribution in [0.2, 0.25) is 0 Å². The largest absolute Gasteiger partial charge is 0.481 e. The monoisotopic (exact) mass is 345 g/mol. The summed E-state index contributed by atoms with van der Waals surface area (Å²) in [5, 5.41) is 8.77. The summed E-state index contributed by atoms with van der Waals surface area (Å²) in [6.45, 7) is 5.36. The molecule has 0 aromatic heterocycles. The first-order chi connectivity index (χ1) is 9.14. The molecule has 0 fully saturated rings. The van der Waals surface area contributed by atoms with Gasteiger partial charge in [0.15, 0.2) is 0 Å². The van der Waals surface area contributed by atoms with Crippen LogP contribution in [0.25, 0.3) is 0 Å². The molecule has 0 unspecified atom stereocenters. The van der Waals surface area contributed by atoms with Gasteiger partial charge in [-0.2, -0.15) is 0 Å². The molecule has 1 aromatic rings. The minimum absolute atomic E-state index is 0.0262. The number of aliphatic carboxylic acids is 1. The van der Waals surface area contributed by atoms with Crippen molar-refractivity contribution in [1.82, 2.24) is 4.90 Å². The zero-order valence-corrected chi connectivity index (χ0v) is 13.2. The van der Waals surface area contributed by atoms with Gasteiger partial charge in [-0.3, -0.25) is 9.59 Å². The van der Waals surface area contributed by atoms with E-state index < -0.39 is 23.2 Å². The summed E-state index contributed by atoms with van der Waals surface area (Å²) in [5.74, 6) is -2.16. The Morgan fingerprint density at radius 2 is 1.95 bits per heavy atom. The Hall–Kier alpha value is -1.43. The lowest BCUT2D eigenvalue weighted by Crippen LogP contribution is -2.47. The zero-order valence-electron chi connectivity index (χ0n) is 11.6. The van der Waals surface area contributed by atoms with Crippen molar-refractivity contribution in [3.63, 3.8) is 0 Å². The molecule has 1 aromatic carbocycles. The van der Waals surface area contributed by atoms with Gasteiger partial charge in [0.05, 0.1) is 12.0 Å². The second-order valence-electron chi connectivity index (χ2n) is 5.37. The average molecular weight is 346 g/mol. The molecule has 0 aliphatic heterocycles. The molecule has 0 saturated heterocycles. The van der Waals surface area contributed by atoms with E-state index >= 15 is 0 Å². The van der Waals surface area contributed by atoms with Crippen LogP contribution in [-0.4, -0.2) is 34.0 Å². The molecule has 110 valence electrons. The number of carboxylic acids is 1. The number of carbonyl (C=O) groups excluding carboxylic acids is 1. The Labute approximate surface area is 125 Å². The van der Waals surface area contributed by atoms with Crippen LogP contribution < -0.4 is 0 Å². The summed E-state index contributed by atoms with van der Waals surface area (Å²) in [4.78, 5) is 24.6. The quantitative estimate of drug-likeness (QED) is 0.910. The number of hydrogen-bond acceptors (Lipinski definition) is 2. The van der Waals surface area contributed by atoms with Crippen LogP contribution in [0.5, 0.6) is 0 Å². The molecule has 1 N–H and O–H groups in total. The highest BCUT2D eigenvalue weighted by atomic mass is 79.9. The van der Waals surface area contributed by atoms with Crippen molar-refractivity contribution in [3.8, 4) is 0 Å². The van der Waals surface area contributed by atoms with Crippen molar-refractivity contribution in [2.24, 2.45) is 0 Å². The number of halogens is 2. The molecule has 4 nitrogen and oxygen atoms in total. The molecule has 1 rings (SSSR count). The van der Waals surface area contributed by atoms with Crippen LogP contribution in [-0.2, 0) is 4.79 Å². The third-order valence-electron chi connectivity index (χ3n) is 2.78. The van der Waals surface area contributed by atoms with Crippen molar-refractivity contribution in [2.75, 3.05) is 6.54 Å². The third-order valence-corrected chi connectivity index (χ3v) is 3.44. The summed E-state index contributed by atoms with van der Waals surface area (Å²) >= 11 is 3.16. The van der Waals surface area contributed by atoms with Gasteiger partial charge in [0.2, 0.25) is 0 Å². The number of rotatable bonds is 4. The molecule has 20 heavy (non-hydrogen) atoms. The normalized spacial score (nSPS) is 11.2. The van der Waals surface area contributed by atoms with Gasteiger partial charge in [0, 0.05) is 16.6 Å². The van der Waals surface area contributed by atoms with Gasteiger partial charge >= 0.3 is 5.97 Å². The van der Waals surface area contributed by atoms with Crippen LogP contribution in [0.4, 0.5) is 4.39 Å². The molecule has 1 amide bonds. The summed E-state index contributed by atoms with van der Waals surface area (Å²) in [6, 6.07) is 4.28. The molecule has 6 heteroatoms. The van der Waals surface area contributed by atoms with Crippen molar-refractivity contribution in [1.29, 1.82) is 0 Å². The third kappa shape index (κ3) is 4.03. The van der Waals surface area contributed by atoms with Crippen LogP contribution in [0.15, 0.2) is 22.7 Å². The van der Waals surface area contributed by atoms with Crippen LogP contribution in [0.3, 0.4) is 0 Å². The molecule has 0 spiro atoms. The number of benzene rings is 1. The molecule has 0 bridgehead atoms. The van der Waals surface area contributed by atoms with Crippen molar-refractivity contribution in [2.45, 2.75) is 32.7 Å². The van der Waals surface area contributed by atoms with Crippen LogP contribution in [0.1, 0.15) is 37.6 Å². The Morgan fingerprint density at radius 3 is 2.40 bits per heavy atom. The van der Waals surface area contributed by atoms with Crippen molar-refractivity contribution in [3.05, 3.63) is 34.1 Å². The predicted molar refractivity (Wildman–Crippen MR) is 77.1 cm³/mol. The fourth-order valence-corrected chi connectivity index (χ4v) is 2.30. The molecular weight excluding hydrogens is 329 g/mol. The van der Waals surface area contributed by atoms with Gasteiger partial charge < -0.3 is 10.0 Å². The first-order valence-corrected chi connectivity index (χ1v) is 6.91. The van der Waals surface area contributed by atoms with Gasteiger partial charge in [-0.05, 0) is 48.8 Å². The fourth-order valence-electron chi connectivity index (χ4n) is 1.79. The van der Waals surface area contributed by atoms with E-state index in [9.17, 15) is 14.0 Å². The minimum Gasteiger partial charge on any atom is -0.481 e. The summed E-state index contributed by atoms with van der Waals surface area (Å²) in [6.07, 6.45) is -0.185. The molecule has 0 aliphatic carbocycles. The van der Waals surface area contributed by atoms with E-state index in [2.05, 4.69) is 15.9 Å². The Kier molecular flexibility index (Phi) is 5.28. The molecule has 0 heterocycles. The first kappa shape index (κ1) is 16.6. The summed E-state index contributed by atoms with van der Waals surface area (Å²) < 4.78 is 14.2. The fraction of sp³-hybridized carbons (Fsp3) is 0.429. The highest BCUT2D eigenvalue weighted by molar-refractivity contribution is 9.10. The lowest BCUT2D eigenvalue weighted by Gasteiger charge is -2.35. The summed E-state index contributed by atoms with van der Waals surface area (Å²) in [7, 11) is 0. The van der Waals surface area contributed by atoms with E-state index in [1.54, 1.807) is 26.8 Å². The lowest BCUT2D eigenvalue weighted by molar-refractivity contribution is -0.137. The number of carboxylic acid groups (broad SMARTS) is 1. The van der Waals surface area contributed by atoms with Crippen molar-refractivity contribution >= 4 is 27.8 Å². The van der Waals surface area contributed by atoms with E-state index in [-0.39, 0.29) is 18.5 Å². The topological polar surface area (TPSA) is 57.6 Å². The van der Waals surface area contributed by atoms with E-state index in [0.717, 1.165) is 0 Å². The molecular formula is C14H17BrFNO3. The van der Waals surface area contributed by atoms with E-state index in [1.807, 2.05) is 0 Å². The average Bonchev–Trinajstić information content (AvgIpc) is 2.26. The second-order valence-corrected chi connectivity index (χ2v) is 6.22. The standard InChI is InChI=1S/C14H17BrFNO3/c1-14(2,3)17(8-7-11(18)19)13(20)12-9(15)5-4-6-10(12)16/h4-6H,7-8H2,1-3H3,(H,18,19). The van der Waals surface area contributed by atoms with Crippen LogP contribution >= 0.6 is 15.9 Å². The Morgan fingerprint density at radius 1 is 1.35 bits per heavy atom. The van der Waals surface area contributed by atoms with Crippen LogP contribution in [0, 0.1) is 5.82 Å². The lowest BCUT2D eigenvalue weighted by atomic mass is 10.0. The smallest absolute Gasteiger partial charge is 0.305 e. The maximum Gasteiger partial charge on any atom is 0.305 e. The highest BCUT2D eigenvalue weighted by Gasteiger charge is 2.30. The summed E-state index contributed by atoms with van der Waals surface area (Å²) in [5.41, 5.74) is -0.679. The Bertz CT molecular complexity index is 505. The predicted octanol–water partition coefficient (Wildman–Crippen LogP) is 3.30. The van der Waals surface area contributed by atoms with E-state index in [0.29, 0.717) is 4.47 Å². The van der Waals surface area contributed by atoms with Gasteiger partial charge in [0.25, 0.3) is 5.91 Å². The molecule has 0 atom stereocenters. The number of nitrogens with zero attached hydrogens (tertiary/aromatic N) is 1. The van der Waals surface area contributed by atoms with Gasteiger partial charge in [0.1, 0.15) is 5.82 Å². The maximum atomic E-state index is 13.9. The number of hydrogen-bond donors (Lipinski definition) is 1.